The Hall–Kier alpha value is -1.67. The molecule has 1 N–H and O–H groups in total. The van der Waals surface area contributed by atoms with Gasteiger partial charge in [0.25, 0.3) is 0 Å². The Bertz CT molecular complexity index is 494. The maximum Gasteiger partial charge on any atom is 0.0416 e. The highest BCUT2D eigenvalue weighted by Gasteiger charge is 2.04. The van der Waals surface area contributed by atoms with Crippen LogP contribution in [0.3, 0.4) is 0 Å². The van der Waals surface area contributed by atoms with Crippen LogP contribution in [0.15, 0.2) is 48.7 Å². The molecule has 0 aliphatic rings. The van der Waals surface area contributed by atoms with E-state index in [0.717, 1.165) is 25.1 Å². The fourth-order valence-corrected chi connectivity index (χ4v) is 2.23. The van der Waals surface area contributed by atoms with E-state index in [4.69, 9.17) is 0 Å². The monoisotopic (exact) mass is 254 g/mol. The van der Waals surface area contributed by atoms with Crippen molar-refractivity contribution in [1.29, 1.82) is 0 Å². The first kappa shape index (κ1) is 13.8. The summed E-state index contributed by atoms with van der Waals surface area (Å²) in [5.41, 5.74) is 3.96. The number of aromatic nitrogens is 1. The maximum atomic E-state index is 4.33. The van der Waals surface area contributed by atoms with Crippen molar-refractivity contribution in [3.05, 3.63) is 65.5 Å². The lowest BCUT2D eigenvalue weighted by molar-refractivity contribution is 0.545. The number of nitrogens with one attached hydrogen (secondary N) is 1. The lowest BCUT2D eigenvalue weighted by Crippen LogP contribution is -2.30. The maximum absolute atomic E-state index is 4.33. The number of nitrogens with zero attached hydrogens (tertiary/aromatic N) is 1. The zero-order valence-electron chi connectivity index (χ0n) is 11.8. The van der Waals surface area contributed by atoms with Gasteiger partial charge in [-0.3, -0.25) is 4.98 Å². The van der Waals surface area contributed by atoms with Crippen LogP contribution < -0.4 is 5.32 Å². The van der Waals surface area contributed by atoms with E-state index in [1.54, 1.807) is 0 Å². The van der Waals surface area contributed by atoms with Crippen molar-refractivity contribution in [3.63, 3.8) is 0 Å². The van der Waals surface area contributed by atoms with Crippen LogP contribution in [0.25, 0.3) is 0 Å². The lowest BCUT2D eigenvalue weighted by Gasteiger charge is -2.15. The van der Waals surface area contributed by atoms with Crippen LogP contribution in [0.4, 0.5) is 0 Å². The Morgan fingerprint density at radius 3 is 2.63 bits per heavy atom. The molecule has 0 unspecified atom stereocenters. The smallest absolute Gasteiger partial charge is 0.0416 e. The molecule has 100 valence electrons. The zero-order valence-corrected chi connectivity index (χ0v) is 11.8. The molecular formula is C17H22N2. The standard InChI is InChI=1S/C17H22N2/c1-14-7-3-4-8-16(14)13-15(2)18-12-10-17-9-5-6-11-19-17/h3-9,11,15,18H,10,12-13H2,1-2H3/t15-/m1/s1. The molecule has 1 heterocycles. The van der Waals surface area contributed by atoms with Crippen molar-refractivity contribution >= 4 is 0 Å². The molecule has 0 amide bonds. The van der Waals surface area contributed by atoms with Gasteiger partial charge < -0.3 is 5.32 Å². The van der Waals surface area contributed by atoms with Gasteiger partial charge in [-0.15, -0.1) is 0 Å². The Morgan fingerprint density at radius 2 is 1.89 bits per heavy atom. The first-order chi connectivity index (χ1) is 9.25. The van der Waals surface area contributed by atoms with Gasteiger partial charge in [0.2, 0.25) is 0 Å². The van der Waals surface area contributed by atoms with Crippen LogP contribution in [0.2, 0.25) is 0 Å². The average Bonchev–Trinajstić information content (AvgIpc) is 2.43. The van der Waals surface area contributed by atoms with E-state index in [-0.39, 0.29) is 0 Å². The first-order valence-electron chi connectivity index (χ1n) is 6.93. The summed E-state index contributed by atoms with van der Waals surface area (Å²) in [5.74, 6) is 0. The summed E-state index contributed by atoms with van der Waals surface area (Å²) in [6.07, 6.45) is 3.92. The summed E-state index contributed by atoms with van der Waals surface area (Å²) >= 11 is 0. The second-order valence-corrected chi connectivity index (χ2v) is 5.06. The minimum absolute atomic E-state index is 0.491. The van der Waals surface area contributed by atoms with Gasteiger partial charge >= 0.3 is 0 Å². The molecule has 0 saturated carbocycles. The third-order valence-electron chi connectivity index (χ3n) is 3.39. The molecule has 2 aromatic rings. The van der Waals surface area contributed by atoms with E-state index in [9.17, 15) is 0 Å². The molecule has 0 saturated heterocycles. The molecule has 0 aliphatic heterocycles. The van der Waals surface area contributed by atoms with Crippen molar-refractivity contribution in [1.82, 2.24) is 10.3 Å². The van der Waals surface area contributed by atoms with Crippen molar-refractivity contribution in [2.45, 2.75) is 32.7 Å². The number of rotatable bonds is 6. The highest BCUT2D eigenvalue weighted by molar-refractivity contribution is 5.26. The predicted molar refractivity (Wildman–Crippen MR) is 80.3 cm³/mol. The van der Waals surface area contributed by atoms with Gasteiger partial charge in [0.05, 0.1) is 0 Å². The Morgan fingerprint density at radius 1 is 1.11 bits per heavy atom. The van der Waals surface area contributed by atoms with Gasteiger partial charge in [0.15, 0.2) is 0 Å². The minimum atomic E-state index is 0.491. The molecule has 0 aliphatic carbocycles. The molecule has 2 heteroatoms. The van der Waals surface area contributed by atoms with Gasteiger partial charge in [0.1, 0.15) is 0 Å². The fraction of sp³-hybridized carbons (Fsp3) is 0.353. The third kappa shape index (κ3) is 4.49. The first-order valence-corrected chi connectivity index (χ1v) is 6.93. The minimum Gasteiger partial charge on any atom is -0.314 e. The van der Waals surface area contributed by atoms with Crippen molar-refractivity contribution in [3.8, 4) is 0 Å². The van der Waals surface area contributed by atoms with Crippen LogP contribution >= 0.6 is 0 Å². The molecular weight excluding hydrogens is 232 g/mol. The quantitative estimate of drug-likeness (QED) is 0.856. The molecule has 19 heavy (non-hydrogen) atoms. The van der Waals surface area contributed by atoms with Gasteiger partial charge in [-0.05, 0) is 43.5 Å². The molecule has 0 bridgehead atoms. The lowest BCUT2D eigenvalue weighted by atomic mass is 10.0. The molecule has 2 rings (SSSR count). The van der Waals surface area contributed by atoms with Crippen LogP contribution in [0, 0.1) is 6.92 Å². The number of benzene rings is 1. The molecule has 1 aromatic carbocycles. The van der Waals surface area contributed by atoms with E-state index in [1.807, 2.05) is 18.3 Å². The summed E-state index contributed by atoms with van der Waals surface area (Å²) < 4.78 is 0. The molecule has 1 atom stereocenters. The number of pyridine rings is 1. The highest BCUT2D eigenvalue weighted by Crippen LogP contribution is 2.09. The molecule has 2 nitrogen and oxygen atoms in total. The molecule has 1 aromatic heterocycles. The fourth-order valence-electron chi connectivity index (χ4n) is 2.23. The summed E-state index contributed by atoms with van der Waals surface area (Å²) in [6.45, 7) is 5.39. The van der Waals surface area contributed by atoms with Gasteiger partial charge in [0, 0.05) is 30.9 Å². The van der Waals surface area contributed by atoms with E-state index in [2.05, 4.69) is 54.5 Å². The number of hydrogen-bond acceptors (Lipinski definition) is 2. The summed E-state index contributed by atoms with van der Waals surface area (Å²) in [6, 6.07) is 15.2. The Labute approximate surface area is 115 Å². The van der Waals surface area contributed by atoms with E-state index in [0.29, 0.717) is 6.04 Å². The molecule has 0 fully saturated rings. The van der Waals surface area contributed by atoms with Crippen molar-refractivity contribution < 1.29 is 0 Å². The third-order valence-corrected chi connectivity index (χ3v) is 3.39. The van der Waals surface area contributed by atoms with E-state index >= 15 is 0 Å². The Balaban J connectivity index is 1.76. The van der Waals surface area contributed by atoms with Crippen LogP contribution in [-0.2, 0) is 12.8 Å². The normalized spacial score (nSPS) is 12.3. The van der Waals surface area contributed by atoms with Gasteiger partial charge in [-0.1, -0.05) is 30.3 Å². The summed E-state index contributed by atoms with van der Waals surface area (Å²) in [7, 11) is 0. The predicted octanol–water partition coefficient (Wildman–Crippen LogP) is 3.15. The zero-order chi connectivity index (χ0) is 13.5. The van der Waals surface area contributed by atoms with E-state index in [1.165, 1.54) is 11.1 Å². The summed E-state index contributed by atoms with van der Waals surface area (Å²) in [4.78, 5) is 4.33. The molecule has 0 radical (unpaired) electrons. The van der Waals surface area contributed by atoms with Crippen LogP contribution in [0.5, 0.6) is 0 Å². The topological polar surface area (TPSA) is 24.9 Å². The van der Waals surface area contributed by atoms with Crippen molar-refractivity contribution in [2.75, 3.05) is 6.54 Å². The highest BCUT2D eigenvalue weighted by atomic mass is 14.9. The molecule has 0 spiro atoms. The van der Waals surface area contributed by atoms with Crippen LogP contribution in [-0.4, -0.2) is 17.6 Å². The number of hydrogen-bond donors (Lipinski definition) is 1. The largest absolute Gasteiger partial charge is 0.314 e. The van der Waals surface area contributed by atoms with Gasteiger partial charge in [-0.25, -0.2) is 0 Å². The second kappa shape index (κ2) is 7.05. The number of aryl methyl sites for hydroxylation is 1. The summed E-state index contributed by atoms with van der Waals surface area (Å²) in [5, 5.41) is 3.57. The van der Waals surface area contributed by atoms with Crippen LogP contribution in [0.1, 0.15) is 23.7 Å². The van der Waals surface area contributed by atoms with Gasteiger partial charge in [-0.2, -0.15) is 0 Å². The average molecular weight is 254 g/mol. The second-order valence-electron chi connectivity index (χ2n) is 5.06. The van der Waals surface area contributed by atoms with E-state index < -0.39 is 0 Å². The SMILES string of the molecule is Cc1ccccc1C[C@@H](C)NCCc1ccccn1. The van der Waals surface area contributed by atoms with Crippen molar-refractivity contribution in [2.24, 2.45) is 0 Å². The Kier molecular flexibility index (Phi) is 5.10.